The fourth-order valence-corrected chi connectivity index (χ4v) is 2.52. The molecule has 2 rings (SSSR count). The van der Waals surface area contributed by atoms with Gasteiger partial charge in [-0.3, -0.25) is 0 Å². The molecule has 1 fully saturated rings. The van der Waals surface area contributed by atoms with Crippen molar-refractivity contribution in [2.75, 3.05) is 18.6 Å². The highest BCUT2D eigenvalue weighted by atomic mass is 16.5. The van der Waals surface area contributed by atoms with Crippen LogP contribution in [0.15, 0.2) is 12.4 Å². The molecule has 1 aromatic rings. The minimum atomic E-state index is -0.205. The van der Waals surface area contributed by atoms with Crippen LogP contribution in [0.5, 0.6) is 0 Å². The Balaban J connectivity index is 2.21. The molecule has 1 saturated heterocycles. The summed E-state index contributed by atoms with van der Waals surface area (Å²) in [6, 6.07) is 1.79. The van der Waals surface area contributed by atoms with Crippen molar-refractivity contribution < 1.29 is 9.53 Å². The van der Waals surface area contributed by atoms with Gasteiger partial charge in [0, 0.05) is 18.3 Å². The number of carbonyl (C=O) groups is 1. The lowest BCUT2D eigenvalue weighted by atomic mass is 10.0. The second-order valence-corrected chi connectivity index (χ2v) is 4.85. The van der Waals surface area contributed by atoms with Gasteiger partial charge in [-0.2, -0.15) is 0 Å². The maximum atomic E-state index is 11.9. The second-order valence-electron chi connectivity index (χ2n) is 4.85. The van der Waals surface area contributed by atoms with Crippen molar-refractivity contribution >= 4 is 11.8 Å². The number of anilines is 1. The van der Waals surface area contributed by atoms with Gasteiger partial charge < -0.3 is 9.64 Å². The highest BCUT2D eigenvalue weighted by Gasteiger charge is 2.30. The Bertz CT molecular complexity index is 436. The molecular weight excluding hydrogens is 242 g/mol. The smallest absolute Gasteiger partial charge is 0.328 e. The Hall–Kier alpha value is -1.65. The van der Waals surface area contributed by atoms with Gasteiger partial charge >= 0.3 is 5.97 Å². The molecule has 0 saturated carbocycles. The van der Waals surface area contributed by atoms with Crippen LogP contribution >= 0.6 is 0 Å². The largest absolute Gasteiger partial charge is 0.467 e. The maximum Gasteiger partial charge on any atom is 0.328 e. The number of esters is 1. The molecule has 5 nitrogen and oxygen atoms in total. The van der Waals surface area contributed by atoms with Gasteiger partial charge in [-0.05, 0) is 25.7 Å². The molecule has 1 atom stereocenters. The molecule has 0 bridgehead atoms. The van der Waals surface area contributed by atoms with E-state index in [0.29, 0.717) is 0 Å². The van der Waals surface area contributed by atoms with E-state index in [2.05, 4.69) is 21.8 Å². The summed E-state index contributed by atoms with van der Waals surface area (Å²) in [5, 5.41) is 0. The highest BCUT2D eigenvalue weighted by Crippen LogP contribution is 2.24. The van der Waals surface area contributed by atoms with Gasteiger partial charge in [0.1, 0.15) is 18.2 Å². The van der Waals surface area contributed by atoms with Gasteiger partial charge in [0.05, 0.1) is 7.11 Å². The monoisotopic (exact) mass is 263 g/mol. The van der Waals surface area contributed by atoms with E-state index in [1.165, 1.54) is 7.11 Å². The number of ether oxygens (including phenoxy) is 1. The Morgan fingerprint density at radius 2 is 2.32 bits per heavy atom. The van der Waals surface area contributed by atoms with Gasteiger partial charge in [-0.25, -0.2) is 14.8 Å². The first kappa shape index (κ1) is 13.8. The number of nitrogens with zero attached hydrogens (tertiary/aromatic N) is 3. The van der Waals surface area contributed by atoms with Crippen LogP contribution in [0.1, 0.15) is 38.3 Å². The molecule has 0 aliphatic carbocycles. The maximum absolute atomic E-state index is 11.9. The van der Waals surface area contributed by atoms with E-state index in [9.17, 15) is 4.79 Å². The van der Waals surface area contributed by atoms with Crippen molar-refractivity contribution in [3.8, 4) is 0 Å². The van der Waals surface area contributed by atoms with Crippen LogP contribution in [0.3, 0.4) is 0 Å². The number of piperidine rings is 1. The lowest BCUT2D eigenvalue weighted by Crippen LogP contribution is -2.45. The molecule has 1 unspecified atom stereocenters. The summed E-state index contributed by atoms with van der Waals surface area (Å²) < 4.78 is 4.90. The molecule has 2 heterocycles. The van der Waals surface area contributed by atoms with Crippen LogP contribution in [-0.2, 0) is 16.0 Å². The van der Waals surface area contributed by atoms with Crippen molar-refractivity contribution in [2.45, 2.75) is 45.1 Å². The second kappa shape index (κ2) is 6.50. The third kappa shape index (κ3) is 3.22. The summed E-state index contributed by atoms with van der Waals surface area (Å²) in [5.41, 5.74) is 1.03. The lowest BCUT2D eigenvalue weighted by Gasteiger charge is -2.34. The standard InChI is InChI=1S/C14H21N3O2/c1-3-6-11-9-13(16-10-15-11)17-8-5-4-7-12(17)14(18)19-2/h9-10,12H,3-8H2,1-2H3. The third-order valence-electron chi connectivity index (χ3n) is 3.49. The number of aromatic nitrogens is 2. The Morgan fingerprint density at radius 3 is 3.05 bits per heavy atom. The molecule has 1 aliphatic rings. The third-order valence-corrected chi connectivity index (χ3v) is 3.49. The minimum Gasteiger partial charge on any atom is -0.467 e. The molecule has 19 heavy (non-hydrogen) atoms. The average Bonchev–Trinajstić information content (AvgIpc) is 2.47. The first-order chi connectivity index (χ1) is 9.26. The molecular formula is C14H21N3O2. The lowest BCUT2D eigenvalue weighted by molar-refractivity contribution is -0.142. The fourth-order valence-electron chi connectivity index (χ4n) is 2.52. The van der Waals surface area contributed by atoms with E-state index < -0.39 is 0 Å². The quantitative estimate of drug-likeness (QED) is 0.777. The van der Waals surface area contributed by atoms with Gasteiger partial charge in [0.25, 0.3) is 0 Å². The van der Waals surface area contributed by atoms with Crippen molar-refractivity contribution in [1.29, 1.82) is 0 Å². The normalized spacial score (nSPS) is 19.3. The number of hydrogen-bond acceptors (Lipinski definition) is 5. The molecule has 0 N–H and O–H groups in total. The van der Waals surface area contributed by atoms with Crippen LogP contribution in [0.2, 0.25) is 0 Å². The van der Waals surface area contributed by atoms with Crippen LogP contribution < -0.4 is 4.90 Å². The molecule has 0 amide bonds. The van der Waals surface area contributed by atoms with Crippen molar-refractivity contribution in [3.05, 3.63) is 18.1 Å². The van der Waals surface area contributed by atoms with Crippen molar-refractivity contribution in [3.63, 3.8) is 0 Å². The summed E-state index contributed by atoms with van der Waals surface area (Å²) >= 11 is 0. The van der Waals surface area contributed by atoms with E-state index >= 15 is 0 Å². The van der Waals surface area contributed by atoms with E-state index in [0.717, 1.165) is 50.2 Å². The van der Waals surface area contributed by atoms with Crippen LogP contribution in [0.25, 0.3) is 0 Å². The van der Waals surface area contributed by atoms with Crippen molar-refractivity contribution in [2.24, 2.45) is 0 Å². The fraction of sp³-hybridized carbons (Fsp3) is 0.643. The first-order valence-electron chi connectivity index (χ1n) is 6.91. The van der Waals surface area contributed by atoms with Gasteiger partial charge in [-0.1, -0.05) is 13.3 Å². The number of aryl methyl sites for hydroxylation is 1. The summed E-state index contributed by atoms with van der Waals surface area (Å²) in [4.78, 5) is 22.5. The average molecular weight is 263 g/mol. The summed E-state index contributed by atoms with van der Waals surface area (Å²) in [5.74, 6) is 0.670. The molecule has 5 heteroatoms. The van der Waals surface area contributed by atoms with E-state index in [1.807, 2.05) is 6.07 Å². The van der Waals surface area contributed by atoms with E-state index in [4.69, 9.17) is 4.74 Å². The van der Waals surface area contributed by atoms with Gasteiger partial charge in [0.15, 0.2) is 0 Å². The Kier molecular flexibility index (Phi) is 4.71. The van der Waals surface area contributed by atoms with E-state index in [1.54, 1.807) is 6.33 Å². The topological polar surface area (TPSA) is 55.3 Å². The molecule has 0 radical (unpaired) electrons. The summed E-state index contributed by atoms with van der Waals surface area (Å²) in [7, 11) is 1.44. The molecule has 0 aromatic carbocycles. The van der Waals surface area contributed by atoms with Crippen molar-refractivity contribution in [1.82, 2.24) is 9.97 Å². The zero-order valence-electron chi connectivity index (χ0n) is 11.6. The van der Waals surface area contributed by atoms with Crippen LogP contribution in [0, 0.1) is 0 Å². The van der Waals surface area contributed by atoms with E-state index in [-0.39, 0.29) is 12.0 Å². The molecule has 0 spiro atoms. The Labute approximate surface area is 114 Å². The first-order valence-corrected chi connectivity index (χ1v) is 6.91. The zero-order chi connectivity index (χ0) is 13.7. The van der Waals surface area contributed by atoms with Gasteiger partial charge in [0.2, 0.25) is 0 Å². The molecule has 104 valence electrons. The highest BCUT2D eigenvalue weighted by molar-refractivity contribution is 5.79. The number of hydrogen-bond donors (Lipinski definition) is 0. The summed E-state index contributed by atoms with van der Waals surface area (Å²) in [6.45, 7) is 2.97. The molecule has 1 aliphatic heterocycles. The summed E-state index contributed by atoms with van der Waals surface area (Å²) in [6.07, 6.45) is 6.55. The number of rotatable bonds is 4. The predicted octanol–water partition coefficient (Wildman–Crippen LogP) is 1.96. The molecule has 1 aromatic heterocycles. The predicted molar refractivity (Wildman–Crippen MR) is 73.0 cm³/mol. The Morgan fingerprint density at radius 1 is 1.47 bits per heavy atom. The van der Waals surface area contributed by atoms with Crippen LogP contribution in [0.4, 0.5) is 5.82 Å². The minimum absolute atomic E-state index is 0.171. The SMILES string of the molecule is CCCc1cc(N2CCCCC2C(=O)OC)ncn1. The number of carbonyl (C=O) groups excluding carboxylic acids is 1. The van der Waals surface area contributed by atoms with Gasteiger partial charge in [-0.15, -0.1) is 0 Å². The zero-order valence-corrected chi connectivity index (χ0v) is 11.6. The van der Waals surface area contributed by atoms with Crippen LogP contribution in [-0.4, -0.2) is 35.6 Å². The number of methoxy groups -OCH3 is 1.